The molecule has 0 fully saturated rings. The lowest BCUT2D eigenvalue weighted by atomic mass is 9.83. The van der Waals surface area contributed by atoms with Gasteiger partial charge in [0.2, 0.25) is 0 Å². The molecule has 1 nitrogen and oxygen atoms in total. The Morgan fingerprint density at radius 3 is 2.44 bits per heavy atom. The van der Waals surface area contributed by atoms with E-state index in [-0.39, 0.29) is 11.2 Å². The molecule has 1 rings (SSSR count). The van der Waals surface area contributed by atoms with Gasteiger partial charge < -0.3 is 0 Å². The van der Waals surface area contributed by atoms with Crippen molar-refractivity contribution in [3.63, 3.8) is 0 Å². The Morgan fingerprint density at radius 2 is 1.89 bits per heavy atom. The highest BCUT2D eigenvalue weighted by Gasteiger charge is 2.19. The zero-order valence-electron chi connectivity index (χ0n) is 11.4. The van der Waals surface area contributed by atoms with E-state index in [4.69, 9.17) is 23.2 Å². The Kier molecular flexibility index (Phi) is 5.24. The number of rotatable bonds is 4. The maximum Gasteiger partial charge on any atom is 0.164 e. The minimum atomic E-state index is 0.0688. The first kappa shape index (κ1) is 15.5. The Morgan fingerprint density at radius 1 is 1.28 bits per heavy atom. The predicted molar refractivity (Wildman–Crippen MR) is 78.6 cm³/mol. The van der Waals surface area contributed by atoms with Crippen LogP contribution in [0.5, 0.6) is 0 Å². The van der Waals surface area contributed by atoms with Crippen LogP contribution >= 0.6 is 23.2 Å². The molecule has 0 aliphatic rings. The number of carbonyl (C=O) groups excluding carboxylic acids is 1. The van der Waals surface area contributed by atoms with Crippen molar-refractivity contribution in [2.24, 2.45) is 11.3 Å². The molecule has 0 amide bonds. The second-order valence-electron chi connectivity index (χ2n) is 6.12. The summed E-state index contributed by atoms with van der Waals surface area (Å²) in [6, 6.07) is 5.01. The maximum absolute atomic E-state index is 12.2. The van der Waals surface area contributed by atoms with E-state index in [1.807, 2.05) is 0 Å². The quantitative estimate of drug-likeness (QED) is 0.655. The van der Waals surface area contributed by atoms with Gasteiger partial charge in [0.05, 0.1) is 5.02 Å². The fraction of sp³-hybridized carbons (Fsp3) is 0.533. The lowest BCUT2D eigenvalue weighted by Gasteiger charge is -2.22. The van der Waals surface area contributed by atoms with Gasteiger partial charge in [-0.3, -0.25) is 4.79 Å². The molecule has 0 N–H and O–H groups in total. The average molecular weight is 287 g/mol. The first-order chi connectivity index (χ1) is 8.19. The van der Waals surface area contributed by atoms with E-state index in [1.165, 1.54) is 0 Å². The minimum absolute atomic E-state index is 0.0688. The minimum Gasteiger partial charge on any atom is -0.294 e. The van der Waals surface area contributed by atoms with E-state index in [9.17, 15) is 4.79 Å². The first-order valence-corrected chi connectivity index (χ1v) is 6.93. The molecule has 1 atom stereocenters. The molecule has 0 heterocycles. The standard InChI is InChI=1S/C15H20Cl2O/c1-10(9-15(2,3)4)7-14(18)12-8-11(16)5-6-13(12)17/h5-6,8,10H,7,9H2,1-4H3. The third-order valence-electron chi connectivity index (χ3n) is 2.72. The summed E-state index contributed by atoms with van der Waals surface area (Å²) in [5.41, 5.74) is 0.766. The second kappa shape index (κ2) is 6.08. The van der Waals surface area contributed by atoms with Gasteiger partial charge >= 0.3 is 0 Å². The van der Waals surface area contributed by atoms with Crippen molar-refractivity contribution in [1.82, 2.24) is 0 Å². The smallest absolute Gasteiger partial charge is 0.164 e. The monoisotopic (exact) mass is 286 g/mol. The van der Waals surface area contributed by atoms with Crippen LogP contribution in [0.4, 0.5) is 0 Å². The third kappa shape index (κ3) is 4.99. The van der Waals surface area contributed by atoms with Crippen LogP contribution in [0.25, 0.3) is 0 Å². The Balaban J connectivity index is 2.74. The second-order valence-corrected chi connectivity index (χ2v) is 6.97. The van der Waals surface area contributed by atoms with E-state index in [2.05, 4.69) is 27.7 Å². The fourth-order valence-electron chi connectivity index (χ4n) is 2.26. The van der Waals surface area contributed by atoms with E-state index < -0.39 is 0 Å². The highest BCUT2D eigenvalue weighted by atomic mass is 35.5. The largest absolute Gasteiger partial charge is 0.294 e. The molecule has 0 radical (unpaired) electrons. The molecule has 18 heavy (non-hydrogen) atoms. The molecular weight excluding hydrogens is 267 g/mol. The summed E-state index contributed by atoms with van der Waals surface area (Å²) in [6.45, 7) is 8.64. The number of hydrogen-bond donors (Lipinski definition) is 0. The summed E-state index contributed by atoms with van der Waals surface area (Å²) in [5.74, 6) is 0.409. The van der Waals surface area contributed by atoms with Gasteiger partial charge in [-0.15, -0.1) is 0 Å². The predicted octanol–water partition coefficient (Wildman–Crippen LogP) is 5.64. The highest BCUT2D eigenvalue weighted by Crippen LogP contribution is 2.28. The molecule has 0 aliphatic heterocycles. The van der Waals surface area contributed by atoms with Gasteiger partial charge in [0.1, 0.15) is 0 Å². The van der Waals surface area contributed by atoms with Crippen molar-refractivity contribution in [1.29, 1.82) is 0 Å². The van der Waals surface area contributed by atoms with E-state index in [0.717, 1.165) is 6.42 Å². The van der Waals surface area contributed by atoms with Gasteiger partial charge in [0.15, 0.2) is 5.78 Å². The van der Waals surface area contributed by atoms with Crippen LogP contribution in [-0.4, -0.2) is 5.78 Å². The maximum atomic E-state index is 12.2. The Bertz CT molecular complexity index is 433. The van der Waals surface area contributed by atoms with Crippen LogP contribution in [0.1, 0.15) is 50.9 Å². The van der Waals surface area contributed by atoms with Crippen molar-refractivity contribution in [3.05, 3.63) is 33.8 Å². The van der Waals surface area contributed by atoms with E-state index in [0.29, 0.717) is 27.9 Å². The molecule has 3 heteroatoms. The zero-order valence-corrected chi connectivity index (χ0v) is 12.9. The topological polar surface area (TPSA) is 17.1 Å². The van der Waals surface area contributed by atoms with Gasteiger partial charge in [0.25, 0.3) is 0 Å². The van der Waals surface area contributed by atoms with Gasteiger partial charge in [-0.2, -0.15) is 0 Å². The van der Waals surface area contributed by atoms with E-state index in [1.54, 1.807) is 18.2 Å². The first-order valence-electron chi connectivity index (χ1n) is 6.17. The SMILES string of the molecule is CC(CC(=O)c1cc(Cl)ccc1Cl)CC(C)(C)C. The number of carbonyl (C=O) groups is 1. The highest BCUT2D eigenvalue weighted by molar-refractivity contribution is 6.35. The van der Waals surface area contributed by atoms with Crippen LogP contribution in [-0.2, 0) is 0 Å². The molecule has 1 aromatic carbocycles. The molecule has 0 bridgehead atoms. The van der Waals surface area contributed by atoms with Gasteiger partial charge in [-0.25, -0.2) is 0 Å². The van der Waals surface area contributed by atoms with Crippen LogP contribution in [0, 0.1) is 11.3 Å². The number of hydrogen-bond acceptors (Lipinski definition) is 1. The van der Waals surface area contributed by atoms with Crippen LogP contribution in [0.15, 0.2) is 18.2 Å². The van der Waals surface area contributed by atoms with Gasteiger partial charge in [-0.05, 0) is 36.0 Å². The van der Waals surface area contributed by atoms with Gasteiger partial charge in [0, 0.05) is 17.0 Å². The molecule has 1 aromatic rings. The molecule has 0 saturated heterocycles. The lowest BCUT2D eigenvalue weighted by Crippen LogP contribution is -2.14. The summed E-state index contributed by atoms with van der Waals surface area (Å²) in [6.07, 6.45) is 1.52. The van der Waals surface area contributed by atoms with Crippen molar-refractivity contribution in [3.8, 4) is 0 Å². The molecule has 0 aliphatic carbocycles. The summed E-state index contributed by atoms with van der Waals surface area (Å²) in [4.78, 5) is 12.2. The van der Waals surface area contributed by atoms with Crippen molar-refractivity contribution in [2.45, 2.75) is 40.5 Å². The van der Waals surface area contributed by atoms with Crippen LogP contribution < -0.4 is 0 Å². The zero-order chi connectivity index (χ0) is 13.9. The number of benzene rings is 1. The van der Waals surface area contributed by atoms with Crippen LogP contribution in [0.2, 0.25) is 10.0 Å². The van der Waals surface area contributed by atoms with Crippen molar-refractivity contribution < 1.29 is 4.79 Å². The molecule has 1 unspecified atom stereocenters. The van der Waals surface area contributed by atoms with Crippen LogP contribution in [0.3, 0.4) is 0 Å². The summed E-state index contributed by atoms with van der Waals surface area (Å²) < 4.78 is 0. The molecule has 0 aromatic heterocycles. The fourth-order valence-corrected chi connectivity index (χ4v) is 2.65. The number of ketones is 1. The van der Waals surface area contributed by atoms with E-state index >= 15 is 0 Å². The summed E-state index contributed by atoms with van der Waals surface area (Å²) >= 11 is 11.9. The normalized spacial score (nSPS) is 13.4. The third-order valence-corrected chi connectivity index (χ3v) is 3.29. The summed E-state index contributed by atoms with van der Waals surface area (Å²) in [7, 11) is 0. The van der Waals surface area contributed by atoms with Gasteiger partial charge in [-0.1, -0.05) is 50.9 Å². The molecular formula is C15H20Cl2O. The lowest BCUT2D eigenvalue weighted by molar-refractivity contribution is 0.0954. The molecule has 0 spiro atoms. The number of halogens is 2. The molecule has 0 saturated carbocycles. The Labute approximate surface area is 119 Å². The van der Waals surface area contributed by atoms with Crippen molar-refractivity contribution in [2.75, 3.05) is 0 Å². The average Bonchev–Trinajstić information content (AvgIpc) is 2.18. The Hall–Kier alpha value is -0.530. The van der Waals surface area contributed by atoms with Crippen molar-refractivity contribution >= 4 is 29.0 Å². The molecule has 100 valence electrons. The number of Topliss-reactive ketones (excluding diaryl/α,β-unsaturated/α-hetero) is 1. The summed E-state index contributed by atoms with van der Waals surface area (Å²) in [5, 5.41) is 1.03.